The zero-order valence-corrected chi connectivity index (χ0v) is 16.3. The Morgan fingerprint density at radius 1 is 1.04 bits per heavy atom. The molecule has 0 fully saturated rings. The summed E-state index contributed by atoms with van der Waals surface area (Å²) in [5, 5.41) is 14.4. The van der Waals surface area contributed by atoms with Crippen molar-refractivity contribution in [1.29, 1.82) is 0 Å². The van der Waals surface area contributed by atoms with Gasteiger partial charge in [-0.1, -0.05) is 36.4 Å². The zero-order chi connectivity index (χ0) is 19.9. The number of fused-ring (bicyclic) bond motifs is 1. The summed E-state index contributed by atoms with van der Waals surface area (Å²) in [7, 11) is 4.13. The largest absolute Gasteiger partial charge is 0.368 e. The number of nitrogens with one attached hydrogen (secondary N) is 1. The van der Waals surface area contributed by atoms with E-state index in [1.807, 2.05) is 54.7 Å². The number of anilines is 1. The van der Waals surface area contributed by atoms with Gasteiger partial charge in [-0.05, 0) is 44.8 Å². The van der Waals surface area contributed by atoms with Gasteiger partial charge in [0.25, 0.3) is 0 Å². The SMILES string of the molecule is CN(C)CCCNc1ncc2ccccc2c1N=Nc1ccc(C(N)N)cc1. The van der Waals surface area contributed by atoms with E-state index in [1.165, 1.54) is 0 Å². The van der Waals surface area contributed by atoms with Crippen LogP contribution in [0.25, 0.3) is 10.8 Å². The molecule has 28 heavy (non-hydrogen) atoms. The third-order valence-corrected chi connectivity index (χ3v) is 4.39. The highest BCUT2D eigenvalue weighted by atomic mass is 15.1. The molecule has 0 saturated heterocycles. The first-order chi connectivity index (χ1) is 13.5. The summed E-state index contributed by atoms with van der Waals surface area (Å²) < 4.78 is 0. The minimum absolute atomic E-state index is 0.494. The fraction of sp³-hybridized carbons (Fsp3) is 0.286. The smallest absolute Gasteiger partial charge is 0.154 e. The Kier molecular flexibility index (Phi) is 6.65. The molecule has 3 aromatic rings. The van der Waals surface area contributed by atoms with Gasteiger partial charge in [0, 0.05) is 23.5 Å². The maximum Gasteiger partial charge on any atom is 0.154 e. The number of hydrogen-bond donors (Lipinski definition) is 3. The number of rotatable bonds is 8. The maximum absolute atomic E-state index is 5.69. The molecule has 1 heterocycles. The monoisotopic (exact) mass is 377 g/mol. The van der Waals surface area contributed by atoms with Gasteiger partial charge in [-0.25, -0.2) is 4.98 Å². The van der Waals surface area contributed by atoms with Gasteiger partial charge < -0.3 is 21.7 Å². The predicted molar refractivity (Wildman–Crippen MR) is 115 cm³/mol. The van der Waals surface area contributed by atoms with E-state index >= 15 is 0 Å². The quantitative estimate of drug-likeness (QED) is 0.313. The molecule has 0 atom stereocenters. The Hall–Kier alpha value is -2.87. The Labute approximate surface area is 165 Å². The Morgan fingerprint density at radius 3 is 2.50 bits per heavy atom. The molecule has 3 rings (SSSR count). The average molecular weight is 377 g/mol. The molecular weight excluding hydrogens is 350 g/mol. The van der Waals surface area contributed by atoms with Crippen LogP contribution in [-0.4, -0.2) is 37.1 Å². The van der Waals surface area contributed by atoms with Gasteiger partial charge in [-0.15, -0.1) is 5.11 Å². The lowest BCUT2D eigenvalue weighted by Crippen LogP contribution is -2.19. The summed E-state index contributed by atoms with van der Waals surface area (Å²) in [5.41, 5.74) is 13.7. The van der Waals surface area contributed by atoms with Crippen LogP contribution in [0.5, 0.6) is 0 Å². The van der Waals surface area contributed by atoms with E-state index in [0.29, 0.717) is 0 Å². The van der Waals surface area contributed by atoms with E-state index in [2.05, 4.69) is 39.5 Å². The normalized spacial score (nSPS) is 11.8. The molecule has 0 amide bonds. The van der Waals surface area contributed by atoms with Crippen LogP contribution in [0.3, 0.4) is 0 Å². The second kappa shape index (κ2) is 9.36. The zero-order valence-electron chi connectivity index (χ0n) is 16.3. The molecule has 7 nitrogen and oxygen atoms in total. The van der Waals surface area contributed by atoms with Crippen LogP contribution in [0.4, 0.5) is 17.2 Å². The van der Waals surface area contributed by atoms with Crippen molar-refractivity contribution in [2.24, 2.45) is 21.7 Å². The van der Waals surface area contributed by atoms with Crippen LogP contribution >= 0.6 is 0 Å². The minimum Gasteiger partial charge on any atom is -0.368 e. The molecule has 0 aliphatic rings. The number of nitrogens with two attached hydrogens (primary N) is 2. The standard InChI is InChI=1S/C21H27N7/c1-28(2)13-5-12-24-21-19(18-7-4-3-6-16(18)14-25-21)27-26-17-10-8-15(9-11-17)20(22)23/h3-4,6-11,14,20H,5,12-13,22-23H2,1-2H3,(H,24,25). The van der Waals surface area contributed by atoms with Gasteiger partial charge >= 0.3 is 0 Å². The average Bonchev–Trinajstić information content (AvgIpc) is 2.70. The summed E-state index contributed by atoms with van der Waals surface area (Å²) >= 11 is 0. The van der Waals surface area contributed by atoms with Crippen molar-refractivity contribution in [3.8, 4) is 0 Å². The molecule has 2 aromatic carbocycles. The lowest BCUT2D eigenvalue weighted by Gasteiger charge is -2.12. The van der Waals surface area contributed by atoms with Crippen molar-refractivity contribution >= 4 is 28.0 Å². The summed E-state index contributed by atoms with van der Waals surface area (Å²) in [6.45, 7) is 1.82. The summed E-state index contributed by atoms with van der Waals surface area (Å²) in [6.07, 6.45) is 2.38. The second-order valence-electron chi connectivity index (χ2n) is 6.94. The van der Waals surface area contributed by atoms with E-state index < -0.39 is 6.17 Å². The summed E-state index contributed by atoms with van der Waals surface area (Å²) in [6, 6.07) is 15.5. The van der Waals surface area contributed by atoms with Crippen molar-refractivity contribution in [1.82, 2.24) is 9.88 Å². The topological polar surface area (TPSA) is 105 Å². The van der Waals surface area contributed by atoms with Crippen molar-refractivity contribution in [3.63, 3.8) is 0 Å². The fourth-order valence-electron chi connectivity index (χ4n) is 2.85. The molecule has 0 unspecified atom stereocenters. The fourth-order valence-corrected chi connectivity index (χ4v) is 2.85. The van der Waals surface area contributed by atoms with Crippen LogP contribution in [0.15, 0.2) is 65.0 Å². The lowest BCUT2D eigenvalue weighted by molar-refractivity contribution is 0.405. The number of azo groups is 1. The van der Waals surface area contributed by atoms with Crippen LogP contribution in [0.1, 0.15) is 18.2 Å². The van der Waals surface area contributed by atoms with Gasteiger partial charge in [0.1, 0.15) is 5.69 Å². The number of benzene rings is 2. The molecule has 1 aromatic heterocycles. The molecule has 0 radical (unpaired) electrons. The van der Waals surface area contributed by atoms with Crippen LogP contribution in [-0.2, 0) is 0 Å². The molecule has 0 bridgehead atoms. The van der Waals surface area contributed by atoms with Gasteiger partial charge in [-0.2, -0.15) is 5.11 Å². The first-order valence-electron chi connectivity index (χ1n) is 9.34. The van der Waals surface area contributed by atoms with E-state index in [9.17, 15) is 0 Å². The van der Waals surface area contributed by atoms with E-state index in [1.54, 1.807) is 0 Å². The van der Waals surface area contributed by atoms with Crippen molar-refractivity contribution in [2.75, 3.05) is 32.5 Å². The van der Waals surface area contributed by atoms with Gasteiger partial charge in [0.2, 0.25) is 0 Å². The molecule has 0 aliphatic carbocycles. The summed E-state index contributed by atoms with van der Waals surface area (Å²) in [4.78, 5) is 6.72. The van der Waals surface area contributed by atoms with Crippen LogP contribution in [0, 0.1) is 0 Å². The lowest BCUT2D eigenvalue weighted by atomic mass is 10.1. The molecule has 0 aliphatic heterocycles. The number of nitrogens with zero attached hydrogens (tertiary/aromatic N) is 4. The molecular formula is C21H27N7. The Bertz CT molecular complexity index is 933. The van der Waals surface area contributed by atoms with E-state index in [4.69, 9.17) is 11.5 Å². The molecule has 0 saturated carbocycles. The third kappa shape index (κ3) is 5.10. The highest BCUT2D eigenvalue weighted by Gasteiger charge is 2.09. The minimum atomic E-state index is -0.494. The van der Waals surface area contributed by atoms with Gasteiger partial charge in [0.05, 0.1) is 11.9 Å². The number of aromatic nitrogens is 1. The highest BCUT2D eigenvalue weighted by Crippen LogP contribution is 2.33. The Balaban J connectivity index is 1.87. The Morgan fingerprint density at radius 2 is 1.79 bits per heavy atom. The van der Waals surface area contributed by atoms with Crippen LogP contribution in [0.2, 0.25) is 0 Å². The highest BCUT2D eigenvalue weighted by molar-refractivity contribution is 5.96. The number of pyridine rings is 1. The molecule has 5 N–H and O–H groups in total. The van der Waals surface area contributed by atoms with Crippen molar-refractivity contribution < 1.29 is 0 Å². The molecule has 0 spiro atoms. The first kappa shape index (κ1) is 19.9. The van der Waals surface area contributed by atoms with Crippen LogP contribution < -0.4 is 16.8 Å². The van der Waals surface area contributed by atoms with E-state index in [-0.39, 0.29) is 0 Å². The van der Waals surface area contributed by atoms with Crippen molar-refractivity contribution in [2.45, 2.75) is 12.6 Å². The first-order valence-corrected chi connectivity index (χ1v) is 9.34. The predicted octanol–water partition coefficient (Wildman–Crippen LogP) is 3.93. The number of hydrogen-bond acceptors (Lipinski definition) is 7. The summed E-state index contributed by atoms with van der Waals surface area (Å²) in [5.74, 6) is 0.738. The van der Waals surface area contributed by atoms with Gasteiger partial charge in [-0.3, -0.25) is 0 Å². The second-order valence-corrected chi connectivity index (χ2v) is 6.94. The third-order valence-electron chi connectivity index (χ3n) is 4.39. The molecule has 7 heteroatoms. The van der Waals surface area contributed by atoms with Gasteiger partial charge in [0.15, 0.2) is 5.82 Å². The van der Waals surface area contributed by atoms with E-state index in [0.717, 1.165) is 53.0 Å². The van der Waals surface area contributed by atoms with Crippen molar-refractivity contribution in [3.05, 3.63) is 60.3 Å². The molecule has 146 valence electrons. The maximum atomic E-state index is 5.69.